The zero-order chi connectivity index (χ0) is 19.2. The summed E-state index contributed by atoms with van der Waals surface area (Å²) in [6.07, 6.45) is 6.09. The Bertz CT molecular complexity index is 757. The highest BCUT2D eigenvalue weighted by molar-refractivity contribution is 7.97. The van der Waals surface area contributed by atoms with Crippen LogP contribution in [0, 0.1) is 0 Å². The number of amidine groups is 1. The molecule has 0 saturated carbocycles. The van der Waals surface area contributed by atoms with Crippen molar-refractivity contribution >= 4 is 35.3 Å². The third-order valence-electron chi connectivity index (χ3n) is 4.19. The van der Waals surface area contributed by atoms with Crippen LogP contribution in [-0.4, -0.2) is 53.4 Å². The lowest BCUT2D eigenvalue weighted by atomic mass is 10.0. The van der Waals surface area contributed by atoms with Crippen molar-refractivity contribution in [1.29, 1.82) is 0 Å². The molecule has 2 aliphatic rings. The first kappa shape index (κ1) is 20.0. The van der Waals surface area contributed by atoms with Gasteiger partial charge in [0, 0.05) is 65.6 Å². The molecule has 3 rings (SSSR count). The number of alkyl halides is 2. The zero-order valence-corrected chi connectivity index (χ0v) is 16.6. The summed E-state index contributed by atoms with van der Waals surface area (Å²) in [6, 6.07) is 0.237. The molecule has 27 heavy (non-hydrogen) atoms. The fraction of sp³-hybridized carbons (Fsp3) is 0.471. The lowest BCUT2D eigenvalue weighted by molar-refractivity contribution is 0.160. The van der Waals surface area contributed by atoms with Crippen LogP contribution in [0.15, 0.2) is 44.6 Å². The van der Waals surface area contributed by atoms with Gasteiger partial charge in [-0.1, -0.05) is 18.9 Å². The average Bonchev–Trinajstić information content (AvgIpc) is 3.32. The van der Waals surface area contributed by atoms with E-state index < -0.39 is 6.55 Å². The summed E-state index contributed by atoms with van der Waals surface area (Å²) in [6.45, 7) is 0.496. The number of hydrogen-bond acceptors (Lipinski definition) is 8. The zero-order valence-electron chi connectivity index (χ0n) is 14.9. The summed E-state index contributed by atoms with van der Waals surface area (Å²) >= 11 is 3.24. The number of nitrogens with zero attached hydrogens (tertiary/aromatic N) is 4. The summed E-state index contributed by atoms with van der Waals surface area (Å²) in [5.74, 6) is 1.86. The number of aliphatic imine (C=N–C) groups is 2. The van der Waals surface area contributed by atoms with Crippen LogP contribution in [0.2, 0.25) is 0 Å². The first-order valence-corrected chi connectivity index (χ1v) is 10.5. The summed E-state index contributed by atoms with van der Waals surface area (Å²) in [4.78, 5) is 14.4. The number of fused-ring (bicyclic) bond motifs is 1. The van der Waals surface area contributed by atoms with E-state index in [4.69, 9.17) is 5.73 Å². The molecular formula is C17H22F2N6S2. The predicted molar refractivity (Wildman–Crippen MR) is 108 cm³/mol. The molecule has 6 nitrogen and oxygen atoms in total. The van der Waals surface area contributed by atoms with Crippen LogP contribution < -0.4 is 10.5 Å². The van der Waals surface area contributed by atoms with Gasteiger partial charge in [-0.3, -0.25) is 9.71 Å². The molecule has 1 aromatic heterocycles. The Morgan fingerprint density at radius 3 is 3.11 bits per heavy atom. The molecule has 0 spiro atoms. The highest BCUT2D eigenvalue weighted by atomic mass is 32.2. The van der Waals surface area contributed by atoms with E-state index in [9.17, 15) is 8.78 Å². The summed E-state index contributed by atoms with van der Waals surface area (Å²) in [5.41, 5.74) is 8.07. The normalized spacial score (nSPS) is 20.7. The highest BCUT2D eigenvalue weighted by Crippen LogP contribution is 2.34. The number of nitrogens with one attached hydrogen (secondary N) is 1. The molecule has 146 valence electrons. The van der Waals surface area contributed by atoms with Gasteiger partial charge >= 0.3 is 6.55 Å². The summed E-state index contributed by atoms with van der Waals surface area (Å²) in [7, 11) is 0. The number of rotatable bonds is 8. The highest BCUT2D eigenvalue weighted by Gasteiger charge is 2.36. The minimum atomic E-state index is -2.76. The smallest absolute Gasteiger partial charge is 0.331 e. The van der Waals surface area contributed by atoms with Gasteiger partial charge in [0.25, 0.3) is 0 Å². The molecule has 0 aliphatic carbocycles. The van der Waals surface area contributed by atoms with Gasteiger partial charge in [0.1, 0.15) is 0 Å². The van der Waals surface area contributed by atoms with E-state index >= 15 is 0 Å². The molecule has 1 fully saturated rings. The molecule has 3 heterocycles. The molecule has 1 saturated heterocycles. The van der Waals surface area contributed by atoms with Crippen molar-refractivity contribution in [3.8, 4) is 0 Å². The summed E-state index contributed by atoms with van der Waals surface area (Å²) in [5, 5.41) is 2.77. The van der Waals surface area contributed by atoms with E-state index in [0.717, 1.165) is 53.5 Å². The second-order valence-corrected chi connectivity index (χ2v) is 7.89. The standard InChI is InChI=1S/C17H22F2N6S2/c1-2-4-27-24-12-6-14-13(11(7-20)8-23-17(18)19)9-22-15(25(14)10-12)16-21-3-5-26-16/h3,5,7-8,12,17,24H,2,4,6,9-10,20H2,1H3. The molecular weight excluding hydrogens is 390 g/mol. The third kappa shape index (κ3) is 4.74. The van der Waals surface area contributed by atoms with Crippen LogP contribution in [-0.2, 0) is 0 Å². The van der Waals surface area contributed by atoms with Crippen LogP contribution in [0.1, 0.15) is 24.8 Å². The third-order valence-corrected chi connectivity index (χ3v) is 6.08. The Balaban J connectivity index is 1.89. The monoisotopic (exact) mass is 412 g/mol. The van der Waals surface area contributed by atoms with Crippen molar-refractivity contribution in [3.05, 3.63) is 39.6 Å². The Morgan fingerprint density at radius 2 is 2.44 bits per heavy atom. The first-order chi connectivity index (χ1) is 13.1. The molecule has 2 aliphatic heterocycles. The van der Waals surface area contributed by atoms with E-state index in [-0.39, 0.29) is 6.04 Å². The Morgan fingerprint density at radius 1 is 1.59 bits per heavy atom. The number of aromatic nitrogens is 1. The van der Waals surface area contributed by atoms with E-state index in [1.165, 1.54) is 17.5 Å². The second-order valence-electron chi connectivity index (χ2n) is 6.06. The van der Waals surface area contributed by atoms with Crippen LogP contribution in [0.4, 0.5) is 8.78 Å². The van der Waals surface area contributed by atoms with Crippen molar-refractivity contribution < 1.29 is 8.78 Å². The molecule has 0 radical (unpaired) electrons. The molecule has 10 heteroatoms. The Labute approximate surface area is 165 Å². The van der Waals surface area contributed by atoms with Gasteiger partial charge in [-0.2, -0.15) is 8.78 Å². The Hall–Kier alpha value is -1.78. The number of thiazole rings is 1. The van der Waals surface area contributed by atoms with Crippen LogP contribution in [0.25, 0.3) is 0 Å². The van der Waals surface area contributed by atoms with Crippen molar-refractivity contribution in [3.63, 3.8) is 0 Å². The lowest BCUT2D eigenvalue weighted by Gasteiger charge is -2.28. The molecule has 0 bridgehead atoms. The van der Waals surface area contributed by atoms with E-state index in [1.807, 2.05) is 5.38 Å². The van der Waals surface area contributed by atoms with Gasteiger partial charge in [-0.25, -0.2) is 9.98 Å². The van der Waals surface area contributed by atoms with E-state index in [2.05, 4.69) is 31.5 Å². The number of hydrogen-bond donors (Lipinski definition) is 2. The number of halogens is 2. The minimum Gasteiger partial charge on any atom is -0.404 e. The first-order valence-electron chi connectivity index (χ1n) is 8.68. The van der Waals surface area contributed by atoms with Crippen LogP contribution >= 0.6 is 23.3 Å². The van der Waals surface area contributed by atoms with Crippen molar-refractivity contribution in [2.75, 3.05) is 18.8 Å². The fourth-order valence-corrected chi connectivity index (χ4v) is 4.43. The fourth-order valence-electron chi connectivity index (χ4n) is 3.06. The predicted octanol–water partition coefficient (Wildman–Crippen LogP) is 3.02. The average molecular weight is 413 g/mol. The molecule has 0 amide bonds. The van der Waals surface area contributed by atoms with Crippen LogP contribution in [0.5, 0.6) is 0 Å². The second kappa shape index (κ2) is 9.43. The summed E-state index contributed by atoms with van der Waals surface area (Å²) < 4.78 is 28.5. The molecule has 1 aromatic rings. The maximum atomic E-state index is 12.5. The van der Waals surface area contributed by atoms with Crippen molar-refractivity contribution in [2.24, 2.45) is 15.7 Å². The van der Waals surface area contributed by atoms with E-state index in [0.29, 0.717) is 12.1 Å². The SMILES string of the molecule is CCCSNC1CC2=C(C(C=NC(F)F)=CN)CN=C(c3nccs3)N2C1. The molecule has 1 atom stereocenters. The largest absolute Gasteiger partial charge is 0.404 e. The van der Waals surface area contributed by atoms with Gasteiger partial charge in [0.15, 0.2) is 10.8 Å². The lowest BCUT2D eigenvalue weighted by Crippen LogP contribution is -2.35. The maximum Gasteiger partial charge on any atom is 0.331 e. The van der Waals surface area contributed by atoms with Gasteiger partial charge in [0.05, 0.1) is 6.54 Å². The van der Waals surface area contributed by atoms with Gasteiger partial charge in [-0.15, -0.1) is 11.3 Å². The Kier molecular flexibility index (Phi) is 6.97. The molecule has 3 N–H and O–H groups in total. The van der Waals surface area contributed by atoms with Gasteiger partial charge < -0.3 is 10.6 Å². The maximum absolute atomic E-state index is 12.5. The van der Waals surface area contributed by atoms with E-state index in [1.54, 1.807) is 18.1 Å². The quantitative estimate of drug-likeness (QED) is 0.297. The van der Waals surface area contributed by atoms with Crippen molar-refractivity contribution in [2.45, 2.75) is 32.4 Å². The van der Waals surface area contributed by atoms with Gasteiger partial charge in [-0.05, 0) is 6.42 Å². The minimum absolute atomic E-state index is 0.237. The molecule has 1 unspecified atom stereocenters. The molecule has 0 aromatic carbocycles. The topological polar surface area (TPSA) is 78.9 Å². The van der Waals surface area contributed by atoms with Gasteiger partial charge in [0.2, 0.25) is 0 Å². The number of nitrogens with two attached hydrogens (primary N) is 1. The van der Waals surface area contributed by atoms with Crippen LogP contribution in [0.3, 0.4) is 0 Å². The van der Waals surface area contributed by atoms with Crippen molar-refractivity contribution in [1.82, 2.24) is 14.6 Å².